The van der Waals surface area contributed by atoms with Gasteiger partial charge in [-0.05, 0) is 24.6 Å². The van der Waals surface area contributed by atoms with E-state index in [0.29, 0.717) is 21.8 Å². The Labute approximate surface area is 131 Å². The van der Waals surface area contributed by atoms with E-state index < -0.39 is 0 Å². The van der Waals surface area contributed by atoms with E-state index in [1.54, 1.807) is 24.3 Å². The molecule has 0 spiro atoms. The van der Waals surface area contributed by atoms with Crippen LogP contribution in [0.3, 0.4) is 0 Å². The van der Waals surface area contributed by atoms with Crippen LogP contribution in [0, 0.1) is 6.92 Å². The second-order valence-electron chi connectivity index (χ2n) is 5.67. The largest absolute Gasteiger partial charge is 0.358 e. The van der Waals surface area contributed by atoms with Crippen molar-refractivity contribution in [3.8, 4) is 11.3 Å². The van der Waals surface area contributed by atoms with Gasteiger partial charge < -0.3 is 9.97 Å². The van der Waals surface area contributed by atoms with Crippen molar-refractivity contribution in [2.24, 2.45) is 0 Å². The maximum absolute atomic E-state index is 12.5. The Kier molecular flexibility index (Phi) is 2.91. The maximum atomic E-state index is 12.5. The highest BCUT2D eigenvalue weighted by Gasteiger charge is 2.08. The van der Waals surface area contributed by atoms with Gasteiger partial charge in [-0.15, -0.1) is 0 Å². The number of nitrogens with one attached hydrogen (secondary N) is 2. The number of benzene rings is 2. The number of hydrogen-bond acceptors (Lipinski definition) is 2. The number of fused-ring (bicyclic) bond motifs is 2. The van der Waals surface area contributed by atoms with Crippen LogP contribution in [0.4, 0.5) is 0 Å². The van der Waals surface area contributed by atoms with E-state index in [4.69, 9.17) is 0 Å². The first-order chi connectivity index (χ1) is 11.1. The number of rotatable bonds is 1. The number of aryl methyl sites for hydroxylation is 1. The van der Waals surface area contributed by atoms with Crippen LogP contribution in [0.15, 0.2) is 64.2 Å². The molecule has 0 atom stereocenters. The third-order valence-electron chi connectivity index (χ3n) is 4.00. The number of hydrogen-bond donors (Lipinski definition) is 2. The highest BCUT2D eigenvalue weighted by atomic mass is 16.1. The van der Waals surface area contributed by atoms with Crippen LogP contribution >= 0.6 is 0 Å². The van der Waals surface area contributed by atoms with E-state index >= 15 is 0 Å². The minimum atomic E-state index is -0.0677. The monoisotopic (exact) mass is 302 g/mol. The first kappa shape index (κ1) is 13.5. The van der Waals surface area contributed by atoms with Crippen LogP contribution < -0.4 is 10.9 Å². The molecule has 4 aromatic rings. The van der Waals surface area contributed by atoms with E-state index in [2.05, 4.69) is 9.97 Å². The molecule has 23 heavy (non-hydrogen) atoms. The zero-order valence-electron chi connectivity index (χ0n) is 12.5. The van der Waals surface area contributed by atoms with E-state index in [-0.39, 0.29) is 10.9 Å². The van der Waals surface area contributed by atoms with Crippen molar-refractivity contribution in [2.45, 2.75) is 6.92 Å². The summed E-state index contributed by atoms with van der Waals surface area (Å²) in [7, 11) is 0. The molecule has 0 aliphatic rings. The van der Waals surface area contributed by atoms with Crippen molar-refractivity contribution in [3.63, 3.8) is 0 Å². The molecule has 112 valence electrons. The lowest BCUT2D eigenvalue weighted by atomic mass is 10.1. The first-order valence-electron chi connectivity index (χ1n) is 7.38. The standard InChI is InChI=1S/C19H14N2O2/c1-11-7-18(22)13-9-17-14(8-16(13)20-11)19(23)10-15(21-17)12-5-3-2-4-6-12/h2-10H,1H3,(H,20,22)(H,21,23). The first-order valence-corrected chi connectivity index (χ1v) is 7.38. The van der Waals surface area contributed by atoms with Crippen molar-refractivity contribution in [1.29, 1.82) is 0 Å². The molecule has 2 aromatic carbocycles. The van der Waals surface area contributed by atoms with Gasteiger partial charge >= 0.3 is 0 Å². The van der Waals surface area contributed by atoms with Crippen molar-refractivity contribution < 1.29 is 0 Å². The third-order valence-corrected chi connectivity index (χ3v) is 4.00. The van der Waals surface area contributed by atoms with Crippen LogP contribution in [0.1, 0.15) is 5.69 Å². The van der Waals surface area contributed by atoms with E-state index in [9.17, 15) is 9.59 Å². The van der Waals surface area contributed by atoms with Gasteiger partial charge in [-0.25, -0.2) is 0 Å². The molecule has 0 bridgehead atoms. The molecule has 0 saturated carbocycles. The number of aromatic amines is 2. The summed E-state index contributed by atoms with van der Waals surface area (Å²) in [5.41, 5.74) is 3.68. The van der Waals surface area contributed by atoms with Gasteiger partial charge in [-0.2, -0.15) is 0 Å². The van der Waals surface area contributed by atoms with Crippen LogP contribution in [0.25, 0.3) is 33.1 Å². The molecule has 2 heterocycles. The normalized spacial score (nSPS) is 11.2. The van der Waals surface area contributed by atoms with Crippen LogP contribution in [0.2, 0.25) is 0 Å². The molecular weight excluding hydrogens is 288 g/mol. The van der Waals surface area contributed by atoms with E-state index in [1.165, 1.54) is 0 Å². The minimum Gasteiger partial charge on any atom is -0.358 e. The van der Waals surface area contributed by atoms with Gasteiger partial charge in [0.1, 0.15) is 0 Å². The Bertz CT molecular complexity index is 1160. The summed E-state index contributed by atoms with van der Waals surface area (Å²) in [4.78, 5) is 31.1. The summed E-state index contributed by atoms with van der Waals surface area (Å²) in [6, 6.07) is 16.3. The lowest BCUT2D eigenvalue weighted by Crippen LogP contribution is -2.07. The van der Waals surface area contributed by atoms with Gasteiger partial charge in [0.2, 0.25) is 0 Å². The maximum Gasteiger partial charge on any atom is 0.190 e. The Morgan fingerprint density at radius 1 is 0.739 bits per heavy atom. The smallest absolute Gasteiger partial charge is 0.190 e. The van der Waals surface area contributed by atoms with Crippen LogP contribution in [0.5, 0.6) is 0 Å². The van der Waals surface area contributed by atoms with Gasteiger partial charge in [0.15, 0.2) is 10.9 Å². The number of H-pyrrole nitrogens is 2. The molecule has 4 rings (SSSR count). The molecule has 0 radical (unpaired) electrons. The fourth-order valence-corrected chi connectivity index (χ4v) is 2.90. The van der Waals surface area contributed by atoms with Crippen molar-refractivity contribution in [3.05, 3.63) is 80.7 Å². The summed E-state index contributed by atoms with van der Waals surface area (Å²) in [6.07, 6.45) is 0. The second-order valence-corrected chi connectivity index (χ2v) is 5.67. The summed E-state index contributed by atoms with van der Waals surface area (Å²) < 4.78 is 0. The molecular formula is C19H14N2O2. The molecule has 0 fully saturated rings. The predicted molar refractivity (Wildman–Crippen MR) is 92.9 cm³/mol. The lowest BCUT2D eigenvalue weighted by molar-refractivity contribution is 1.24. The topological polar surface area (TPSA) is 65.7 Å². The van der Waals surface area contributed by atoms with Gasteiger partial charge in [-0.1, -0.05) is 30.3 Å². The number of aromatic nitrogens is 2. The minimum absolute atomic E-state index is 0.0517. The Morgan fingerprint density at radius 2 is 1.35 bits per heavy atom. The summed E-state index contributed by atoms with van der Waals surface area (Å²) in [5.74, 6) is 0. The third kappa shape index (κ3) is 2.25. The van der Waals surface area contributed by atoms with Gasteiger partial charge in [0.25, 0.3) is 0 Å². The van der Waals surface area contributed by atoms with Gasteiger partial charge in [0.05, 0.1) is 11.0 Å². The van der Waals surface area contributed by atoms with Crippen molar-refractivity contribution >= 4 is 21.8 Å². The highest BCUT2D eigenvalue weighted by molar-refractivity contribution is 5.95. The zero-order valence-corrected chi connectivity index (χ0v) is 12.5. The molecule has 4 nitrogen and oxygen atoms in total. The molecule has 0 aliphatic carbocycles. The Morgan fingerprint density at radius 3 is 2.04 bits per heavy atom. The highest BCUT2D eigenvalue weighted by Crippen LogP contribution is 2.20. The number of pyridine rings is 2. The second kappa shape index (κ2) is 4.95. The van der Waals surface area contributed by atoms with E-state index in [0.717, 1.165) is 17.0 Å². The predicted octanol–water partition coefficient (Wildman–Crippen LogP) is 3.35. The zero-order chi connectivity index (χ0) is 16.0. The van der Waals surface area contributed by atoms with E-state index in [1.807, 2.05) is 37.3 Å². The average molecular weight is 302 g/mol. The summed E-state index contributed by atoms with van der Waals surface area (Å²) in [5, 5.41) is 1.14. The quantitative estimate of drug-likeness (QED) is 0.530. The Hall–Kier alpha value is -3.14. The fraction of sp³-hybridized carbons (Fsp3) is 0.0526. The van der Waals surface area contributed by atoms with Crippen LogP contribution in [-0.4, -0.2) is 9.97 Å². The molecule has 4 heteroatoms. The van der Waals surface area contributed by atoms with Crippen molar-refractivity contribution in [2.75, 3.05) is 0 Å². The molecule has 0 amide bonds. The molecule has 0 unspecified atom stereocenters. The Balaban J connectivity index is 2.08. The molecule has 2 aromatic heterocycles. The fourth-order valence-electron chi connectivity index (χ4n) is 2.90. The summed E-state index contributed by atoms with van der Waals surface area (Å²) in [6.45, 7) is 1.83. The van der Waals surface area contributed by atoms with Crippen molar-refractivity contribution in [1.82, 2.24) is 9.97 Å². The van der Waals surface area contributed by atoms with Gasteiger partial charge in [-0.3, -0.25) is 9.59 Å². The molecule has 2 N–H and O–H groups in total. The summed E-state index contributed by atoms with van der Waals surface area (Å²) >= 11 is 0. The van der Waals surface area contributed by atoms with Crippen LogP contribution in [-0.2, 0) is 0 Å². The van der Waals surface area contributed by atoms with Gasteiger partial charge in [0, 0.05) is 34.3 Å². The molecule has 0 saturated heterocycles. The average Bonchev–Trinajstić information content (AvgIpc) is 2.54. The molecule has 0 aliphatic heterocycles. The SMILES string of the molecule is Cc1cc(=O)c2cc3[nH]c(-c4ccccc4)cc(=O)c3cc2[nH]1. The lowest BCUT2D eigenvalue weighted by Gasteiger charge is -2.07.